The average molecular weight is 550 g/mol. The fourth-order valence-electron chi connectivity index (χ4n) is 5.53. The number of phenolic OH excluding ortho intramolecular Hbond substituents is 1. The summed E-state index contributed by atoms with van der Waals surface area (Å²) in [7, 11) is -4.05. The SMILES string of the molecule is CCCC1(CCc2ccccc2)CC(=O)C(C(CC)c2cccc(NS(=O)(=O)c3ccccc3O)c2)C(=O)O1. The number of carbonyl (C=O) groups excluding carboxylic acids is 2. The molecule has 0 bridgehead atoms. The second-order valence-corrected chi connectivity index (χ2v) is 11.8. The van der Waals surface area contributed by atoms with E-state index in [2.05, 4.69) is 4.72 Å². The molecule has 1 aliphatic heterocycles. The maximum atomic E-state index is 13.6. The molecule has 0 spiro atoms. The predicted octanol–water partition coefficient (Wildman–Crippen LogP) is 5.99. The molecule has 2 N–H and O–H groups in total. The van der Waals surface area contributed by atoms with E-state index in [0.717, 1.165) is 12.0 Å². The Kier molecular flexibility index (Phi) is 8.75. The molecule has 39 heavy (non-hydrogen) atoms. The summed E-state index contributed by atoms with van der Waals surface area (Å²) < 4.78 is 34.4. The van der Waals surface area contributed by atoms with Crippen molar-refractivity contribution in [2.75, 3.05) is 4.72 Å². The van der Waals surface area contributed by atoms with E-state index in [1.54, 1.807) is 24.3 Å². The second-order valence-electron chi connectivity index (χ2n) is 10.2. The van der Waals surface area contributed by atoms with E-state index in [4.69, 9.17) is 4.74 Å². The van der Waals surface area contributed by atoms with Crippen LogP contribution in [0.1, 0.15) is 63.0 Å². The zero-order valence-corrected chi connectivity index (χ0v) is 23.1. The Labute approximate surface area is 230 Å². The number of esters is 1. The van der Waals surface area contributed by atoms with Crippen LogP contribution in [0.2, 0.25) is 0 Å². The van der Waals surface area contributed by atoms with E-state index in [1.807, 2.05) is 44.2 Å². The molecule has 1 aliphatic rings. The minimum Gasteiger partial charge on any atom is -0.507 e. The molecule has 3 unspecified atom stereocenters. The smallest absolute Gasteiger partial charge is 0.317 e. The highest BCUT2D eigenvalue weighted by molar-refractivity contribution is 7.92. The molecular weight excluding hydrogens is 514 g/mol. The monoisotopic (exact) mass is 549 g/mol. The molecule has 0 radical (unpaired) electrons. The normalized spacial score (nSPS) is 20.3. The first-order chi connectivity index (χ1) is 18.7. The van der Waals surface area contributed by atoms with Crippen LogP contribution in [0, 0.1) is 5.92 Å². The van der Waals surface area contributed by atoms with Crippen molar-refractivity contribution in [2.45, 2.75) is 68.8 Å². The molecular formula is C31H35NO6S. The maximum absolute atomic E-state index is 13.6. The number of ether oxygens (including phenoxy) is 1. The second kappa shape index (κ2) is 12.0. The summed E-state index contributed by atoms with van der Waals surface area (Å²) in [6.45, 7) is 3.92. The molecule has 0 aliphatic carbocycles. The van der Waals surface area contributed by atoms with Gasteiger partial charge in [-0.2, -0.15) is 0 Å². The van der Waals surface area contributed by atoms with E-state index in [1.165, 1.54) is 24.3 Å². The number of aromatic hydroxyl groups is 1. The quantitative estimate of drug-likeness (QED) is 0.225. The molecule has 206 valence electrons. The van der Waals surface area contributed by atoms with Crippen LogP contribution in [0.5, 0.6) is 5.75 Å². The molecule has 3 aromatic rings. The first-order valence-corrected chi connectivity index (χ1v) is 14.9. The number of rotatable bonds is 11. The third kappa shape index (κ3) is 6.50. The first-order valence-electron chi connectivity index (χ1n) is 13.4. The number of carbonyl (C=O) groups is 2. The Balaban J connectivity index is 1.54. The van der Waals surface area contributed by atoms with Crippen LogP contribution in [0.3, 0.4) is 0 Å². The standard InChI is InChI=1S/C31H35NO6S/c1-3-18-31(19-17-22-11-6-5-7-12-22)21-27(34)29(30(35)38-31)25(4-2)23-13-10-14-24(20-23)32-39(36,37)28-16-9-8-15-26(28)33/h5-16,20,25,29,32-33H,3-4,17-19,21H2,1-2H3. The summed E-state index contributed by atoms with van der Waals surface area (Å²) in [5, 5.41) is 10.0. The number of sulfonamides is 1. The van der Waals surface area contributed by atoms with Crippen LogP contribution in [-0.4, -0.2) is 30.9 Å². The van der Waals surface area contributed by atoms with Crippen LogP contribution in [0.25, 0.3) is 0 Å². The van der Waals surface area contributed by atoms with E-state index in [0.29, 0.717) is 31.2 Å². The zero-order chi connectivity index (χ0) is 28.0. The number of hydrogen-bond acceptors (Lipinski definition) is 6. The molecule has 7 nitrogen and oxygen atoms in total. The number of benzene rings is 3. The van der Waals surface area contributed by atoms with Crippen LogP contribution >= 0.6 is 0 Å². The topological polar surface area (TPSA) is 110 Å². The molecule has 1 saturated heterocycles. The summed E-state index contributed by atoms with van der Waals surface area (Å²) in [6, 6.07) is 22.3. The van der Waals surface area contributed by atoms with Crippen molar-refractivity contribution in [3.05, 3.63) is 90.0 Å². The van der Waals surface area contributed by atoms with E-state index < -0.39 is 33.4 Å². The molecule has 1 heterocycles. The van der Waals surface area contributed by atoms with Crippen molar-refractivity contribution >= 4 is 27.5 Å². The molecule has 4 rings (SSSR count). The number of phenols is 1. The van der Waals surface area contributed by atoms with Gasteiger partial charge in [-0.15, -0.1) is 0 Å². The van der Waals surface area contributed by atoms with Gasteiger partial charge in [0.1, 0.15) is 22.2 Å². The lowest BCUT2D eigenvalue weighted by Gasteiger charge is -2.40. The van der Waals surface area contributed by atoms with Crippen molar-refractivity contribution in [2.24, 2.45) is 5.92 Å². The predicted molar refractivity (Wildman–Crippen MR) is 150 cm³/mol. The van der Waals surface area contributed by atoms with Gasteiger partial charge in [0.05, 0.1) is 0 Å². The van der Waals surface area contributed by atoms with Crippen molar-refractivity contribution in [3.63, 3.8) is 0 Å². The van der Waals surface area contributed by atoms with Crippen molar-refractivity contribution in [3.8, 4) is 5.75 Å². The zero-order valence-electron chi connectivity index (χ0n) is 22.3. The van der Waals surface area contributed by atoms with Gasteiger partial charge in [0, 0.05) is 18.0 Å². The Hall–Kier alpha value is -3.65. The number of nitrogens with one attached hydrogen (secondary N) is 1. The number of hydrogen-bond donors (Lipinski definition) is 2. The van der Waals surface area contributed by atoms with Gasteiger partial charge in [0.2, 0.25) is 0 Å². The highest BCUT2D eigenvalue weighted by Crippen LogP contribution is 2.41. The maximum Gasteiger partial charge on any atom is 0.317 e. The number of ketones is 1. The lowest BCUT2D eigenvalue weighted by Crippen LogP contribution is -2.49. The van der Waals surface area contributed by atoms with Crippen molar-refractivity contribution < 1.29 is 27.9 Å². The van der Waals surface area contributed by atoms with E-state index in [-0.39, 0.29) is 28.5 Å². The summed E-state index contributed by atoms with van der Waals surface area (Å²) in [6.07, 6.45) is 3.35. The molecule has 0 amide bonds. The Morgan fingerprint density at radius 3 is 2.36 bits per heavy atom. The first kappa shape index (κ1) is 28.4. The van der Waals surface area contributed by atoms with Gasteiger partial charge in [0.25, 0.3) is 10.0 Å². The number of cyclic esters (lactones) is 1. The van der Waals surface area contributed by atoms with Crippen molar-refractivity contribution in [1.82, 2.24) is 0 Å². The summed E-state index contributed by atoms with van der Waals surface area (Å²) in [4.78, 5) is 26.8. The third-order valence-corrected chi connectivity index (χ3v) is 8.82. The van der Waals surface area contributed by atoms with E-state index in [9.17, 15) is 23.1 Å². The Bertz CT molecular complexity index is 1400. The van der Waals surface area contributed by atoms with Gasteiger partial charge in [-0.1, -0.05) is 74.9 Å². The molecule has 3 aromatic carbocycles. The Morgan fingerprint density at radius 2 is 1.69 bits per heavy atom. The number of anilines is 1. The largest absolute Gasteiger partial charge is 0.507 e. The summed E-state index contributed by atoms with van der Waals surface area (Å²) >= 11 is 0. The molecule has 0 saturated carbocycles. The van der Waals surface area contributed by atoms with Gasteiger partial charge >= 0.3 is 5.97 Å². The van der Waals surface area contributed by atoms with Gasteiger partial charge in [-0.25, -0.2) is 8.42 Å². The van der Waals surface area contributed by atoms with Crippen molar-refractivity contribution in [1.29, 1.82) is 0 Å². The van der Waals surface area contributed by atoms with Gasteiger partial charge < -0.3 is 9.84 Å². The third-order valence-electron chi connectivity index (χ3n) is 7.40. The number of Topliss-reactive ketones (excluding diaryl/α,β-unsaturated/α-hetero) is 1. The number of aryl methyl sites for hydroxylation is 1. The van der Waals surface area contributed by atoms with Gasteiger partial charge in [-0.05, 0) is 61.1 Å². The molecule has 0 aromatic heterocycles. The van der Waals surface area contributed by atoms with Crippen LogP contribution < -0.4 is 4.72 Å². The molecule has 1 fully saturated rings. The summed E-state index contributed by atoms with van der Waals surface area (Å²) in [5.41, 5.74) is 1.25. The average Bonchev–Trinajstić information content (AvgIpc) is 2.90. The lowest BCUT2D eigenvalue weighted by atomic mass is 9.74. The minimum atomic E-state index is -4.05. The fraction of sp³-hybridized carbons (Fsp3) is 0.355. The van der Waals surface area contributed by atoms with E-state index >= 15 is 0 Å². The number of para-hydroxylation sites is 1. The highest BCUT2D eigenvalue weighted by Gasteiger charge is 2.48. The molecule has 3 atom stereocenters. The van der Waals surface area contributed by atoms with Gasteiger partial charge in [-0.3, -0.25) is 14.3 Å². The Morgan fingerprint density at radius 1 is 0.974 bits per heavy atom. The minimum absolute atomic E-state index is 0.139. The van der Waals surface area contributed by atoms with Gasteiger partial charge in [0.15, 0.2) is 5.78 Å². The van der Waals surface area contributed by atoms with Crippen LogP contribution in [0.4, 0.5) is 5.69 Å². The summed E-state index contributed by atoms with van der Waals surface area (Å²) in [5.74, 6) is -2.43. The van der Waals surface area contributed by atoms with Crippen LogP contribution in [-0.2, 0) is 30.8 Å². The molecule has 8 heteroatoms. The fourth-order valence-corrected chi connectivity index (χ4v) is 6.68. The van der Waals surface area contributed by atoms with Crippen LogP contribution in [0.15, 0.2) is 83.8 Å². The lowest BCUT2D eigenvalue weighted by molar-refractivity contribution is -0.180. The highest BCUT2D eigenvalue weighted by atomic mass is 32.2.